The molecule has 7 heteroatoms. The molecule has 0 spiro atoms. The van der Waals surface area contributed by atoms with E-state index < -0.39 is 0 Å². The molecule has 1 aromatic carbocycles. The van der Waals surface area contributed by atoms with Crippen LogP contribution in [0.15, 0.2) is 24.3 Å². The highest BCUT2D eigenvalue weighted by Crippen LogP contribution is 2.19. The van der Waals surface area contributed by atoms with Gasteiger partial charge in [-0.25, -0.2) is 9.78 Å². The number of aromatic nitrogens is 3. The third-order valence-corrected chi connectivity index (χ3v) is 3.02. The first-order valence-corrected chi connectivity index (χ1v) is 6.80. The number of aryl methyl sites for hydroxylation is 1. The lowest BCUT2D eigenvalue weighted by atomic mass is 10.2. The number of aliphatic hydroxyl groups is 1. The highest BCUT2D eigenvalue weighted by Gasteiger charge is 2.10. The van der Waals surface area contributed by atoms with E-state index in [1.54, 1.807) is 12.1 Å². The number of rotatable bonds is 5. The summed E-state index contributed by atoms with van der Waals surface area (Å²) < 4.78 is 0. The van der Waals surface area contributed by atoms with Crippen molar-refractivity contribution in [2.45, 2.75) is 26.3 Å². The van der Waals surface area contributed by atoms with E-state index in [9.17, 15) is 4.79 Å². The molecule has 0 radical (unpaired) electrons. The summed E-state index contributed by atoms with van der Waals surface area (Å²) in [5.41, 5.74) is 1.45. The fourth-order valence-electron chi connectivity index (χ4n) is 1.84. The molecule has 1 aromatic heterocycles. The number of nitrogens with zero attached hydrogens (tertiary/aromatic N) is 2. The SMILES string of the molecule is CCC(CO)NC(=O)Nc1cccc(-c2n[nH]c(C)n2)c1. The van der Waals surface area contributed by atoms with Crippen LogP contribution < -0.4 is 10.6 Å². The number of nitrogens with one attached hydrogen (secondary N) is 3. The molecule has 21 heavy (non-hydrogen) atoms. The summed E-state index contributed by atoms with van der Waals surface area (Å²) in [6.07, 6.45) is 0.667. The molecule has 0 fully saturated rings. The standard InChI is InChI=1S/C14H19N5O2/c1-3-11(8-20)16-14(21)17-12-6-4-5-10(7-12)13-15-9(2)18-19-13/h4-7,11,20H,3,8H2,1-2H3,(H,15,18,19)(H2,16,17,21). The van der Waals surface area contributed by atoms with E-state index in [4.69, 9.17) is 5.11 Å². The van der Waals surface area contributed by atoms with Crippen molar-refractivity contribution in [1.29, 1.82) is 0 Å². The molecule has 7 nitrogen and oxygen atoms in total. The van der Waals surface area contributed by atoms with E-state index >= 15 is 0 Å². The molecular weight excluding hydrogens is 270 g/mol. The van der Waals surface area contributed by atoms with Gasteiger partial charge >= 0.3 is 6.03 Å². The number of hydrogen-bond acceptors (Lipinski definition) is 4. The van der Waals surface area contributed by atoms with E-state index in [0.717, 1.165) is 11.4 Å². The van der Waals surface area contributed by atoms with Crippen LogP contribution in [0.3, 0.4) is 0 Å². The molecular formula is C14H19N5O2. The van der Waals surface area contributed by atoms with Gasteiger partial charge in [-0.3, -0.25) is 5.10 Å². The third-order valence-electron chi connectivity index (χ3n) is 3.02. The summed E-state index contributed by atoms with van der Waals surface area (Å²) in [4.78, 5) is 16.1. The molecule has 0 saturated carbocycles. The Morgan fingerprint density at radius 2 is 2.29 bits per heavy atom. The number of H-pyrrole nitrogens is 1. The molecule has 1 atom stereocenters. The van der Waals surface area contributed by atoms with Crippen LogP contribution in [-0.2, 0) is 0 Å². The summed E-state index contributed by atoms with van der Waals surface area (Å²) in [5, 5.41) is 21.4. The maximum Gasteiger partial charge on any atom is 0.319 e. The molecule has 2 aromatic rings. The van der Waals surface area contributed by atoms with E-state index in [2.05, 4.69) is 25.8 Å². The Morgan fingerprint density at radius 3 is 2.90 bits per heavy atom. The second kappa shape index (κ2) is 6.85. The number of urea groups is 1. The predicted molar refractivity (Wildman–Crippen MR) is 79.9 cm³/mol. The Hall–Kier alpha value is -2.41. The quantitative estimate of drug-likeness (QED) is 0.672. The van der Waals surface area contributed by atoms with Gasteiger partial charge in [0.1, 0.15) is 5.82 Å². The number of aromatic amines is 1. The Labute approximate surface area is 122 Å². The van der Waals surface area contributed by atoms with E-state index in [1.165, 1.54) is 0 Å². The molecule has 2 amide bonds. The zero-order chi connectivity index (χ0) is 15.2. The molecule has 0 aliphatic heterocycles. The minimum Gasteiger partial charge on any atom is -0.394 e. The van der Waals surface area contributed by atoms with Crippen LogP contribution in [0.25, 0.3) is 11.4 Å². The highest BCUT2D eigenvalue weighted by atomic mass is 16.3. The Morgan fingerprint density at radius 1 is 1.48 bits per heavy atom. The first-order chi connectivity index (χ1) is 10.1. The van der Waals surface area contributed by atoms with Crippen molar-refractivity contribution in [1.82, 2.24) is 20.5 Å². The van der Waals surface area contributed by atoms with Gasteiger partial charge in [-0.2, -0.15) is 5.10 Å². The highest BCUT2D eigenvalue weighted by molar-refractivity contribution is 5.90. The number of carbonyl (C=O) groups excluding carboxylic acids is 1. The summed E-state index contributed by atoms with van der Waals surface area (Å²) >= 11 is 0. The Bertz CT molecular complexity index is 607. The summed E-state index contributed by atoms with van der Waals surface area (Å²) in [6.45, 7) is 3.64. The zero-order valence-corrected chi connectivity index (χ0v) is 12.1. The molecule has 0 saturated heterocycles. The van der Waals surface area contributed by atoms with Crippen LogP contribution in [0.2, 0.25) is 0 Å². The molecule has 4 N–H and O–H groups in total. The monoisotopic (exact) mass is 289 g/mol. The van der Waals surface area contributed by atoms with Gasteiger partial charge in [0, 0.05) is 11.3 Å². The van der Waals surface area contributed by atoms with E-state index in [-0.39, 0.29) is 18.7 Å². The van der Waals surface area contributed by atoms with Crippen LogP contribution in [0.4, 0.5) is 10.5 Å². The summed E-state index contributed by atoms with van der Waals surface area (Å²) in [6, 6.07) is 6.67. The van der Waals surface area contributed by atoms with Gasteiger partial charge in [0.15, 0.2) is 5.82 Å². The molecule has 112 valence electrons. The second-order valence-corrected chi connectivity index (χ2v) is 4.71. The van der Waals surface area contributed by atoms with Crippen LogP contribution in [0, 0.1) is 6.92 Å². The maximum absolute atomic E-state index is 11.8. The molecule has 1 heterocycles. The number of carbonyl (C=O) groups is 1. The lowest BCUT2D eigenvalue weighted by molar-refractivity contribution is 0.222. The number of aliphatic hydroxyl groups excluding tert-OH is 1. The van der Waals surface area contributed by atoms with Crippen molar-refractivity contribution in [3.63, 3.8) is 0 Å². The van der Waals surface area contributed by atoms with Crippen LogP contribution in [0.1, 0.15) is 19.2 Å². The average molecular weight is 289 g/mol. The van der Waals surface area contributed by atoms with Gasteiger partial charge in [-0.15, -0.1) is 0 Å². The van der Waals surface area contributed by atoms with Crippen molar-refractivity contribution in [2.75, 3.05) is 11.9 Å². The minimum absolute atomic E-state index is 0.0829. The van der Waals surface area contributed by atoms with E-state index in [0.29, 0.717) is 17.9 Å². The minimum atomic E-state index is -0.348. The maximum atomic E-state index is 11.8. The molecule has 1 unspecified atom stereocenters. The topological polar surface area (TPSA) is 103 Å². The van der Waals surface area contributed by atoms with Crippen molar-refractivity contribution in [3.05, 3.63) is 30.1 Å². The molecule has 0 aliphatic carbocycles. The molecule has 0 aliphatic rings. The smallest absolute Gasteiger partial charge is 0.319 e. The lowest BCUT2D eigenvalue weighted by Crippen LogP contribution is -2.39. The van der Waals surface area contributed by atoms with Crippen molar-refractivity contribution < 1.29 is 9.90 Å². The number of benzene rings is 1. The second-order valence-electron chi connectivity index (χ2n) is 4.71. The van der Waals surface area contributed by atoms with Crippen LogP contribution in [0.5, 0.6) is 0 Å². The third kappa shape index (κ3) is 4.03. The van der Waals surface area contributed by atoms with Gasteiger partial charge in [0.25, 0.3) is 0 Å². The predicted octanol–water partition coefficient (Wildman–Crippen LogP) is 1.67. The van der Waals surface area contributed by atoms with Gasteiger partial charge < -0.3 is 15.7 Å². The van der Waals surface area contributed by atoms with Crippen molar-refractivity contribution >= 4 is 11.7 Å². The van der Waals surface area contributed by atoms with E-state index in [1.807, 2.05) is 26.0 Å². The largest absolute Gasteiger partial charge is 0.394 e. The summed E-state index contributed by atoms with van der Waals surface area (Å²) in [5.74, 6) is 1.31. The first-order valence-electron chi connectivity index (χ1n) is 6.80. The van der Waals surface area contributed by atoms with Crippen LogP contribution >= 0.6 is 0 Å². The van der Waals surface area contributed by atoms with Crippen molar-refractivity contribution in [2.24, 2.45) is 0 Å². The number of amides is 2. The fourth-order valence-corrected chi connectivity index (χ4v) is 1.84. The van der Waals surface area contributed by atoms with Crippen molar-refractivity contribution in [3.8, 4) is 11.4 Å². The average Bonchev–Trinajstić information content (AvgIpc) is 2.91. The van der Waals surface area contributed by atoms with Gasteiger partial charge in [0.05, 0.1) is 12.6 Å². The Balaban J connectivity index is 2.06. The number of hydrogen-bond donors (Lipinski definition) is 4. The van der Waals surface area contributed by atoms with Gasteiger partial charge in [-0.1, -0.05) is 19.1 Å². The normalized spacial score (nSPS) is 12.0. The van der Waals surface area contributed by atoms with Gasteiger partial charge in [-0.05, 0) is 25.5 Å². The summed E-state index contributed by atoms with van der Waals surface area (Å²) in [7, 11) is 0. The number of anilines is 1. The zero-order valence-electron chi connectivity index (χ0n) is 12.1. The van der Waals surface area contributed by atoms with Gasteiger partial charge in [0.2, 0.25) is 0 Å². The van der Waals surface area contributed by atoms with Crippen LogP contribution in [-0.4, -0.2) is 39.0 Å². The lowest BCUT2D eigenvalue weighted by Gasteiger charge is -2.14. The fraction of sp³-hybridized carbons (Fsp3) is 0.357. The Kier molecular flexibility index (Phi) is 4.89. The first kappa shape index (κ1) is 15.0. The molecule has 2 rings (SSSR count). The molecule has 0 bridgehead atoms.